The van der Waals surface area contributed by atoms with E-state index in [1.807, 2.05) is 0 Å². The summed E-state index contributed by atoms with van der Waals surface area (Å²) in [7, 11) is -15.0. The lowest BCUT2D eigenvalue weighted by molar-refractivity contribution is 0.0626. The van der Waals surface area contributed by atoms with Crippen LogP contribution in [0.25, 0.3) is 0 Å². The molecule has 2 rings (SSSR count). The second kappa shape index (κ2) is 36.0. The Morgan fingerprint density at radius 1 is 0.268 bits per heavy atom. The Kier molecular flexibility index (Phi) is 34.5. The van der Waals surface area contributed by atoms with Crippen LogP contribution >= 0.6 is 0 Å². The van der Waals surface area contributed by atoms with Gasteiger partial charge in [0.05, 0.1) is 0 Å². The fraction of sp³-hybridized carbons (Fsp3) is 1.00. The van der Waals surface area contributed by atoms with Gasteiger partial charge in [-0.05, 0) is 208 Å². The molecule has 0 radical (unpaired) electrons. The highest BCUT2D eigenvalue weighted by Gasteiger charge is 2.47. The molecule has 6 atom stereocenters. The summed E-state index contributed by atoms with van der Waals surface area (Å²) in [5, 5.41) is 0. The van der Waals surface area contributed by atoms with E-state index in [9.17, 15) is 0 Å². The van der Waals surface area contributed by atoms with Crippen LogP contribution in [0.3, 0.4) is 0 Å². The van der Waals surface area contributed by atoms with Crippen molar-refractivity contribution in [1.29, 1.82) is 0 Å². The van der Waals surface area contributed by atoms with Gasteiger partial charge in [-0.1, -0.05) is 25.7 Å². The third-order valence-electron chi connectivity index (χ3n) is 15.0. The summed E-state index contributed by atoms with van der Waals surface area (Å²) in [6.07, 6.45) is 14.1. The Morgan fingerprint density at radius 2 is 0.479 bits per heavy atom. The molecule has 2 aliphatic carbocycles. The quantitative estimate of drug-likeness (QED) is 0.0539. The lowest BCUT2D eigenvalue weighted by Crippen LogP contribution is -2.47. The minimum Gasteiger partial charge on any atom is -0.455 e. The van der Waals surface area contributed by atoms with Gasteiger partial charge < -0.3 is 57.2 Å². The van der Waals surface area contributed by atoms with Gasteiger partial charge in [0.15, 0.2) is 16.6 Å². The normalized spacial score (nSPS) is 22.1. The molecule has 0 saturated heterocycles. The van der Waals surface area contributed by atoms with Crippen molar-refractivity contribution in [2.75, 3.05) is 79.3 Å². The minimum absolute atomic E-state index is 0.578. The van der Waals surface area contributed by atoms with E-state index in [4.69, 9.17) is 57.2 Å². The molecule has 0 bridgehead atoms. The van der Waals surface area contributed by atoms with Crippen LogP contribution in [-0.2, 0) is 57.2 Å². The zero-order valence-corrected chi connectivity index (χ0v) is 55.0. The zero-order valence-electron chi connectivity index (χ0n) is 49.0. The van der Waals surface area contributed by atoms with Crippen molar-refractivity contribution >= 4 is 51.9 Å². The molecule has 6 unspecified atom stereocenters. The van der Waals surface area contributed by atoms with E-state index in [2.05, 4.69) is 109 Å². The molecule has 0 spiro atoms. The zero-order chi connectivity index (χ0) is 52.9. The molecule has 0 aromatic carbocycles. The Hall–Kier alpha value is 0.781. The minimum atomic E-state index is -2.78. The molecule has 71 heavy (non-hydrogen) atoms. The maximum atomic E-state index is 7.55. The standard InChI is InChI=1S/C52H114O13Si6/c1-17-53-68(54-18-2,55-19-3)41-33-47-30-32-50(37-43-70(59-23-7,60-24-8)61-25-9)51(45-47)36-40-67(15,16)65-66(13,14)39-35-49-31-29-48(34-42-69(56-20-4,57-21-5)58-22-6)46-52(49)38-44-71(62-26-10,63-27-11)64-28-12/h47-52H,17-46H2,1-16H3. The first-order valence-corrected chi connectivity index (χ1v) is 43.3. The molecule has 0 aliphatic heterocycles. The van der Waals surface area contributed by atoms with Crippen molar-refractivity contribution in [1.82, 2.24) is 0 Å². The van der Waals surface area contributed by atoms with E-state index in [-0.39, 0.29) is 0 Å². The van der Waals surface area contributed by atoms with Crippen molar-refractivity contribution in [2.45, 2.75) is 223 Å². The van der Waals surface area contributed by atoms with E-state index >= 15 is 0 Å². The van der Waals surface area contributed by atoms with Gasteiger partial charge in [0, 0.05) is 103 Å². The van der Waals surface area contributed by atoms with Crippen LogP contribution in [-0.4, -0.2) is 131 Å². The van der Waals surface area contributed by atoms with E-state index in [0.29, 0.717) is 115 Å². The van der Waals surface area contributed by atoms with Crippen LogP contribution in [0.2, 0.25) is 62.5 Å². The predicted molar refractivity (Wildman–Crippen MR) is 304 cm³/mol. The lowest BCUT2D eigenvalue weighted by Gasteiger charge is -2.42. The van der Waals surface area contributed by atoms with Crippen molar-refractivity contribution in [3.8, 4) is 0 Å². The van der Waals surface area contributed by atoms with Crippen LogP contribution in [0.4, 0.5) is 0 Å². The molecule has 0 N–H and O–H groups in total. The molecular weight excluding hydrogens is 1000 g/mol. The van der Waals surface area contributed by atoms with Gasteiger partial charge in [0.2, 0.25) is 0 Å². The Labute approximate surface area is 444 Å². The van der Waals surface area contributed by atoms with E-state index < -0.39 is 51.9 Å². The summed E-state index contributed by atoms with van der Waals surface area (Å²) in [4.78, 5) is 0. The summed E-state index contributed by atoms with van der Waals surface area (Å²) in [6.45, 7) is 42.1. The fourth-order valence-electron chi connectivity index (χ4n) is 12.2. The Balaban J connectivity index is 2.30. The van der Waals surface area contributed by atoms with Crippen LogP contribution in [0.5, 0.6) is 0 Å². The lowest BCUT2D eigenvalue weighted by atomic mass is 9.71. The van der Waals surface area contributed by atoms with Gasteiger partial charge in [-0.2, -0.15) is 0 Å². The van der Waals surface area contributed by atoms with Gasteiger partial charge in [0.1, 0.15) is 0 Å². The van der Waals surface area contributed by atoms with Gasteiger partial charge in [-0.3, -0.25) is 0 Å². The summed E-state index contributed by atoms with van der Waals surface area (Å²) in [5.74, 6) is 3.69. The molecule has 424 valence electrons. The topological polar surface area (TPSA) is 120 Å². The maximum absolute atomic E-state index is 7.55. The largest absolute Gasteiger partial charge is 0.500 e. The maximum Gasteiger partial charge on any atom is 0.500 e. The van der Waals surface area contributed by atoms with Gasteiger partial charge in [-0.15, -0.1) is 0 Å². The SMILES string of the molecule is CCO[Si](CCC1CCC(CC[Si](OCC)(OCC)OCC)C(CC[Si](C)(C)O[Si](C)(C)CCC2CCC(CC[Si](OCC)(OCC)OCC)CC2CC[Si](OCC)(OCC)OCC)C1)(OCC)OCC. The monoisotopic (exact) mass is 1110 g/mol. The predicted octanol–water partition coefficient (Wildman–Crippen LogP) is 14.0. The van der Waals surface area contributed by atoms with Crippen molar-refractivity contribution in [3.63, 3.8) is 0 Å². The number of rotatable bonds is 44. The third-order valence-corrected chi connectivity index (χ3v) is 34.8. The van der Waals surface area contributed by atoms with Crippen LogP contribution < -0.4 is 0 Å². The molecular formula is C52H114O13Si6. The second-order valence-electron chi connectivity index (χ2n) is 21.2. The summed E-state index contributed by atoms with van der Waals surface area (Å²) < 4.78 is 83.8. The summed E-state index contributed by atoms with van der Waals surface area (Å²) >= 11 is 0. The fourth-order valence-corrected chi connectivity index (χ4v) is 32.2. The number of hydrogen-bond acceptors (Lipinski definition) is 13. The molecule has 19 heteroatoms. The Bertz CT molecular complexity index is 1270. The van der Waals surface area contributed by atoms with Gasteiger partial charge in [0.25, 0.3) is 0 Å². The molecule has 0 aromatic rings. The van der Waals surface area contributed by atoms with Crippen molar-refractivity contribution in [2.24, 2.45) is 35.5 Å². The van der Waals surface area contributed by atoms with E-state index in [1.54, 1.807) is 0 Å². The molecule has 13 nitrogen and oxygen atoms in total. The van der Waals surface area contributed by atoms with Crippen LogP contribution in [0, 0.1) is 35.5 Å². The molecule has 0 heterocycles. The van der Waals surface area contributed by atoms with E-state index in [0.717, 1.165) is 49.9 Å². The summed E-state index contributed by atoms with van der Waals surface area (Å²) in [5.41, 5.74) is 0. The average molecular weight is 1120 g/mol. The first-order valence-electron chi connectivity index (χ1n) is 29.3. The first-order chi connectivity index (χ1) is 33.9. The highest BCUT2D eigenvalue weighted by Crippen LogP contribution is 2.46. The van der Waals surface area contributed by atoms with Gasteiger partial charge in [-0.25, -0.2) is 0 Å². The van der Waals surface area contributed by atoms with Crippen LogP contribution in [0.15, 0.2) is 0 Å². The molecule has 0 aromatic heterocycles. The molecule has 0 amide bonds. The number of hydrogen-bond donors (Lipinski definition) is 0. The average Bonchev–Trinajstić information content (AvgIpc) is 3.31. The Morgan fingerprint density at radius 3 is 0.732 bits per heavy atom. The molecule has 2 aliphatic rings. The molecule has 2 saturated carbocycles. The second-order valence-corrected chi connectivity index (χ2v) is 41.0. The van der Waals surface area contributed by atoms with Crippen molar-refractivity contribution in [3.05, 3.63) is 0 Å². The highest BCUT2D eigenvalue weighted by atomic mass is 28.4. The van der Waals surface area contributed by atoms with E-state index in [1.165, 1.54) is 63.5 Å². The van der Waals surface area contributed by atoms with Crippen LogP contribution in [0.1, 0.15) is 160 Å². The summed E-state index contributed by atoms with van der Waals surface area (Å²) in [6, 6.07) is 5.88. The van der Waals surface area contributed by atoms with Gasteiger partial charge >= 0.3 is 35.2 Å². The highest BCUT2D eigenvalue weighted by molar-refractivity contribution is 6.84. The molecule has 2 fully saturated rings. The smallest absolute Gasteiger partial charge is 0.455 e. The van der Waals surface area contributed by atoms with Crippen molar-refractivity contribution < 1.29 is 57.2 Å². The third kappa shape index (κ3) is 24.6. The first kappa shape index (κ1) is 67.9.